The van der Waals surface area contributed by atoms with Gasteiger partial charge in [-0.1, -0.05) is 68.4 Å². The number of rotatable bonds is 5. The standard InChI is InChI=1S/C26H34O2/c1-8-22(28)19(5)24-25(6)13-16(2)14-26(24,7)23(18(4)15-25)17(3)11-20-9-10-21(27)12-20/h9-11,14-15,20,23-24H,5,8,12-13H2,1-4,6-7H3/t20-,23-,24+,25+,26-/m0/s1. The van der Waals surface area contributed by atoms with Crippen LogP contribution in [0.15, 0.2) is 59.3 Å². The third-order valence-corrected chi connectivity index (χ3v) is 7.06. The Bertz CT molecular complexity index is 850. The van der Waals surface area contributed by atoms with Crippen molar-refractivity contribution in [3.8, 4) is 0 Å². The Morgan fingerprint density at radius 3 is 2.54 bits per heavy atom. The van der Waals surface area contributed by atoms with Crippen LogP contribution in [0.1, 0.15) is 60.8 Å². The SMILES string of the molecule is C=C(C(=O)CC)[C@H]1[C@@]2(C)C=C(C)C[C@]1(C)C=C(C)[C@@H]2C(C)=C[C@@H]1C=CC(=O)C1. The van der Waals surface area contributed by atoms with Crippen molar-refractivity contribution in [2.24, 2.45) is 28.6 Å². The fourth-order valence-corrected chi connectivity index (χ4v) is 6.72. The average molecular weight is 379 g/mol. The van der Waals surface area contributed by atoms with E-state index in [1.165, 1.54) is 16.7 Å². The molecule has 0 aromatic heterocycles. The summed E-state index contributed by atoms with van der Waals surface area (Å²) in [5.74, 6) is 0.870. The summed E-state index contributed by atoms with van der Waals surface area (Å²) in [7, 11) is 0. The molecule has 0 aromatic carbocycles. The topological polar surface area (TPSA) is 34.1 Å². The molecule has 0 saturated heterocycles. The fourth-order valence-electron chi connectivity index (χ4n) is 6.72. The first-order chi connectivity index (χ1) is 13.0. The van der Waals surface area contributed by atoms with E-state index in [4.69, 9.17) is 0 Å². The van der Waals surface area contributed by atoms with Gasteiger partial charge in [-0.3, -0.25) is 9.59 Å². The highest BCUT2D eigenvalue weighted by atomic mass is 16.1. The van der Waals surface area contributed by atoms with E-state index in [-0.39, 0.29) is 40.2 Å². The van der Waals surface area contributed by atoms with Crippen molar-refractivity contribution in [2.45, 2.75) is 60.8 Å². The zero-order valence-corrected chi connectivity index (χ0v) is 18.3. The lowest BCUT2D eigenvalue weighted by atomic mass is 9.46. The van der Waals surface area contributed by atoms with Gasteiger partial charge in [0.1, 0.15) is 0 Å². The smallest absolute Gasteiger partial charge is 0.158 e. The summed E-state index contributed by atoms with van der Waals surface area (Å²) in [5.41, 5.74) is 4.54. The number of carbonyl (C=O) groups excluding carboxylic acids is 2. The van der Waals surface area contributed by atoms with E-state index in [1.54, 1.807) is 6.08 Å². The Balaban J connectivity index is 2.12. The molecule has 0 heterocycles. The molecule has 0 N–H and O–H groups in total. The van der Waals surface area contributed by atoms with Gasteiger partial charge < -0.3 is 0 Å². The highest BCUT2D eigenvalue weighted by Crippen LogP contribution is 2.63. The molecule has 0 aliphatic heterocycles. The number of ketones is 2. The van der Waals surface area contributed by atoms with Gasteiger partial charge in [0.25, 0.3) is 0 Å². The summed E-state index contributed by atoms with van der Waals surface area (Å²) in [4.78, 5) is 24.3. The highest BCUT2D eigenvalue weighted by Gasteiger charge is 2.56. The Hall–Kier alpha value is -1.96. The molecule has 0 radical (unpaired) electrons. The second kappa shape index (κ2) is 7.13. The van der Waals surface area contributed by atoms with Gasteiger partial charge in [0.15, 0.2) is 11.6 Å². The van der Waals surface area contributed by atoms with Crippen LogP contribution in [0.3, 0.4) is 0 Å². The van der Waals surface area contributed by atoms with Crippen molar-refractivity contribution in [1.82, 2.24) is 0 Å². The quantitative estimate of drug-likeness (QED) is 0.423. The first-order valence-corrected chi connectivity index (χ1v) is 10.5. The second-order valence-electron chi connectivity index (χ2n) is 9.70. The molecular weight excluding hydrogens is 344 g/mol. The maximum Gasteiger partial charge on any atom is 0.158 e. The fraction of sp³-hybridized carbons (Fsp3) is 0.538. The van der Waals surface area contributed by atoms with Crippen LogP contribution >= 0.6 is 0 Å². The van der Waals surface area contributed by atoms with E-state index in [1.807, 2.05) is 13.0 Å². The lowest BCUT2D eigenvalue weighted by Gasteiger charge is -2.57. The molecule has 2 nitrogen and oxygen atoms in total. The summed E-state index contributed by atoms with van der Waals surface area (Å²) in [5, 5.41) is 0. The molecule has 0 saturated carbocycles. The third-order valence-electron chi connectivity index (χ3n) is 7.06. The number of carbonyl (C=O) groups is 2. The number of fused-ring (bicyclic) bond motifs is 2. The van der Waals surface area contributed by atoms with Gasteiger partial charge in [-0.25, -0.2) is 0 Å². The predicted octanol–water partition coefficient (Wildman–Crippen LogP) is 6.17. The molecule has 2 bridgehead atoms. The molecule has 28 heavy (non-hydrogen) atoms. The monoisotopic (exact) mass is 378 g/mol. The lowest BCUT2D eigenvalue weighted by Crippen LogP contribution is -2.51. The van der Waals surface area contributed by atoms with Crippen LogP contribution in [0.4, 0.5) is 0 Å². The average Bonchev–Trinajstić information content (AvgIpc) is 2.96. The van der Waals surface area contributed by atoms with Gasteiger partial charge in [0, 0.05) is 36.0 Å². The van der Waals surface area contributed by atoms with E-state index in [0.717, 1.165) is 12.0 Å². The highest BCUT2D eigenvalue weighted by molar-refractivity contribution is 5.95. The molecule has 0 amide bonds. The van der Waals surface area contributed by atoms with Crippen molar-refractivity contribution < 1.29 is 9.59 Å². The first-order valence-electron chi connectivity index (χ1n) is 10.5. The van der Waals surface area contributed by atoms with E-state index >= 15 is 0 Å². The first kappa shape index (κ1) is 20.8. The summed E-state index contributed by atoms with van der Waals surface area (Å²) in [6.07, 6.45) is 12.8. The van der Waals surface area contributed by atoms with Gasteiger partial charge in [-0.15, -0.1) is 0 Å². The maximum atomic E-state index is 12.7. The van der Waals surface area contributed by atoms with Crippen molar-refractivity contribution >= 4 is 11.6 Å². The Morgan fingerprint density at radius 1 is 1.29 bits per heavy atom. The minimum atomic E-state index is -0.190. The van der Waals surface area contributed by atoms with Gasteiger partial charge in [-0.05, 0) is 44.3 Å². The van der Waals surface area contributed by atoms with Gasteiger partial charge in [0.05, 0.1) is 0 Å². The summed E-state index contributed by atoms with van der Waals surface area (Å²) in [6, 6.07) is 0. The minimum Gasteiger partial charge on any atom is -0.295 e. The van der Waals surface area contributed by atoms with Crippen LogP contribution < -0.4 is 0 Å². The lowest BCUT2D eigenvalue weighted by molar-refractivity contribution is -0.117. The predicted molar refractivity (Wildman–Crippen MR) is 116 cm³/mol. The van der Waals surface area contributed by atoms with E-state index in [2.05, 4.69) is 59.4 Å². The van der Waals surface area contributed by atoms with Crippen molar-refractivity contribution in [1.29, 1.82) is 0 Å². The second-order valence-corrected chi connectivity index (χ2v) is 9.70. The molecule has 3 rings (SSSR count). The number of hydrogen-bond donors (Lipinski definition) is 0. The maximum absolute atomic E-state index is 12.7. The summed E-state index contributed by atoms with van der Waals surface area (Å²) < 4.78 is 0. The van der Waals surface area contributed by atoms with Gasteiger partial charge in [0.2, 0.25) is 0 Å². The molecule has 0 spiro atoms. The van der Waals surface area contributed by atoms with E-state index < -0.39 is 0 Å². The summed E-state index contributed by atoms with van der Waals surface area (Å²) in [6.45, 7) is 17.4. The largest absolute Gasteiger partial charge is 0.295 e. The van der Waals surface area contributed by atoms with Gasteiger partial charge in [-0.2, -0.15) is 0 Å². The normalized spacial score (nSPS) is 37.6. The molecule has 150 valence electrons. The zero-order chi connectivity index (χ0) is 20.9. The van der Waals surface area contributed by atoms with E-state index in [9.17, 15) is 9.59 Å². The number of hydrogen-bond acceptors (Lipinski definition) is 2. The van der Waals surface area contributed by atoms with Crippen LogP contribution in [0.2, 0.25) is 0 Å². The molecule has 0 aromatic rings. The Labute approximate surface area is 170 Å². The zero-order valence-electron chi connectivity index (χ0n) is 18.3. The van der Waals surface area contributed by atoms with Crippen LogP contribution in [0.5, 0.6) is 0 Å². The van der Waals surface area contributed by atoms with Crippen LogP contribution in [0.25, 0.3) is 0 Å². The molecule has 5 atom stereocenters. The molecular formula is C26H34O2. The molecule has 0 unspecified atom stereocenters. The molecule has 3 aliphatic rings. The number of allylic oxidation sites excluding steroid dienone is 9. The van der Waals surface area contributed by atoms with Gasteiger partial charge >= 0.3 is 0 Å². The molecule has 3 aliphatic carbocycles. The van der Waals surface area contributed by atoms with Crippen LogP contribution in [0, 0.1) is 28.6 Å². The molecule has 2 heteroatoms. The Kier molecular flexibility index (Phi) is 5.29. The van der Waals surface area contributed by atoms with E-state index in [0.29, 0.717) is 12.8 Å². The third kappa shape index (κ3) is 3.32. The Morgan fingerprint density at radius 2 is 1.96 bits per heavy atom. The van der Waals surface area contributed by atoms with Crippen molar-refractivity contribution in [3.05, 3.63) is 59.3 Å². The number of Topliss-reactive ketones (excluding diaryl/α,β-unsaturated/α-hetero) is 1. The van der Waals surface area contributed by atoms with Crippen molar-refractivity contribution in [2.75, 3.05) is 0 Å². The molecule has 0 fully saturated rings. The minimum absolute atomic E-state index is 0.0837. The van der Waals surface area contributed by atoms with Crippen LogP contribution in [-0.2, 0) is 9.59 Å². The summed E-state index contributed by atoms with van der Waals surface area (Å²) >= 11 is 0. The van der Waals surface area contributed by atoms with Crippen LogP contribution in [-0.4, -0.2) is 11.6 Å². The van der Waals surface area contributed by atoms with Crippen molar-refractivity contribution in [3.63, 3.8) is 0 Å².